The Morgan fingerprint density at radius 1 is 0.762 bits per heavy atom. The van der Waals surface area contributed by atoms with Crippen LogP contribution in [-0.4, -0.2) is 53.7 Å². The van der Waals surface area contributed by atoms with Gasteiger partial charge in [0.05, 0.1) is 53.8 Å². The molecule has 222 valence electrons. The van der Waals surface area contributed by atoms with Crippen LogP contribution in [-0.2, 0) is 17.3 Å². The molecule has 8 nitrogen and oxygen atoms in total. The van der Waals surface area contributed by atoms with Crippen molar-refractivity contribution in [1.29, 1.82) is 0 Å². The molecule has 0 bridgehead atoms. The molecule has 0 atom stereocenters. The molecular weight excluding hydrogens is 557 g/mol. The third-order valence-corrected chi connectivity index (χ3v) is 6.90. The smallest absolute Gasteiger partial charge is 0.416 e. The Kier molecular flexibility index (Phi) is 8.60. The Hall–Kier alpha value is -4.80. The third-order valence-electron chi connectivity index (χ3n) is 6.90. The molecule has 0 aliphatic rings. The van der Waals surface area contributed by atoms with Gasteiger partial charge in [0, 0.05) is 28.3 Å². The zero-order valence-corrected chi connectivity index (χ0v) is 23.8. The van der Waals surface area contributed by atoms with E-state index in [4.69, 9.17) is 28.4 Å². The second-order valence-corrected chi connectivity index (χ2v) is 9.08. The van der Waals surface area contributed by atoms with Crippen LogP contribution >= 0.6 is 0 Å². The maximum Gasteiger partial charge on any atom is 0.416 e. The summed E-state index contributed by atoms with van der Waals surface area (Å²) in [7, 11) is 8.37. The highest BCUT2D eigenvalue weighted by Gasteiger charge is 2.32. The van der Waals surface area contributed by atoms with E-state index >= 15 is 0 Å². The molecule has 0 aliphatic heterocycles. The third kappa shape index (κ3) is 5.29. The number of alkyl halides is 3. The summed E-state index contributed by atoms with van der Waals surface area (Å²) in [6, 6.07) is 11.0. The number of carbonyl (C=O) groups is 1. The van der Waals surface area contributed by atoms with E-state index in [-0.39, 0.29) is 45.9 Å². The first-order chi connectivity index (χ1) is 20.0. The van der Waals surface area contributed by atoms with E-state index in [1.54, 1.807) is 18.2 Å². The minimum Gasteiger partial charge on any atom is -0.507 e. The zero-order valence-electron chi connectivity index (χ0n) is 23.8. The largest absolute Gasteiger partial charge is 0.507 e. The number of halogens is 3. The fourth-order valence-electron chi connectivity index (χ4n) is 4.94. The maximum absolute atomic E-state index is 13.5. The summed E-state index contributed by atoms with van der Waals surface area (Å²) < 4.78 is 72.5. The number of esters is 1. The summed E-state index contributed by atoms with van der Waals surface area (Å²) in [5.74, 6) is 0.292. The number of carbonyl (C=O) groups excluding carboxylic acids is 1. The van der Waals surface area contributed by atoms with Gasteiger partial charge in [-0.1, -0.05) is 18.2 Å². The lowest BCUT2D eigenvalue weighted by atomic mass is 9.85. The molecule has 42 heavy (non-hydrogen) atoms. The molecule has 1 N–H and O–H groups in total. The zero-order chi connectivity index (χ0) is 30.8. The van der Waals surface area contributed by atoms with E-state index in [9.17, 15) is 23.1 Å². The molecule has 0 saturated carbocycles. The second-order valence-electron chi connectivity index (χ2n) is 9.08. The quantitative estimate of drug-likeness (QED) is 0.218. The maximum atomic E-state index is 13.5. The Labute approximate surface area is 240 Å². The van der Waals surface area contributed by atoms with Crippen molar-refractivity contribution in [2.75, 3.05) is 42.7 Å². The normalized spacial score (nSPS) is 11.3. The molecule has 0 fully saturated rings. The molecule has 0 unspecified atom stereocenters. The SMILES string of the molecule is COC(=O)c1c(Cc2ccc(C(F)(F)F)cc2)c(O)c2cc(OC)c(OC)c(OC)c2c1-c1ccc(OC)c(OC)c1. The number of ether oxygens (including phenoxy) is 6. The molecule has 0 amide bonds. The lowest BCUT2D eigenvalue weighted by Gasteiger charge is -2.23. The first-order valence-electron chi connectivity index (χ1n) is 12.5. The minimum atomic E-state index is -4.52. The van der Waals surface area contributed by atoms with Gasteiger partial charge in [0.1, 0.15) is 5.75 Å². The molecule has 0 aliphatic carbocycles. The van der Waals surface area contributed by atoms with Gasteiger partial charge in [0.15, 0.2) is 23.0 Å². The minimum absolute atomic E-state index is 0.0277. The van der Waals surface area contributed by atoms with Gasteiger partial charge in [-0.05, 0) is 41.5 Å². The topological polar surface area (TPSA) is 92.7 Å². The number of hydrogen-bond donors (Lipinski definition) is 1. The Bertz CT molecular complexity index is 1630. The van der Waals surface area contributed by atoms with Crippen molar-refractivity contribution in [3.63, 3.8) is 0 Å². The number of rotatable bonds is 9. The van der Waals surface area contributed by atoms with E-state index in [2.05, 4.69) is 0 Å². The highest BCUT2D eigenvalue weighted by molar-refractivity contribution is 6.15. The van der Waals surface area contributed by atoms with Gasteiger partial charge in [-0.3, -0.25) is 0 Å². The fraction of sp³-hybridized carbons (Fsp3) is 0.258. The summed E-state index contributed by atoms with van der Waals surface area (Å²) in [4.78, 5) is 13.5. The number of phenols is 1. The van der Waals surface area contributed by atoms with Crippen LogP contribution in [0.2, 0.25) is 0 Å². The fourth-order valence-corrected chi connectivity index (χ4v) is 4.94. The molecule has 0 spiro atoms. The van der Waals surface area contributed by atoms with Gasteiger partial charge in [-0.25, -0.2) is 4.79 Å². The summed E-state index contributed by atoms with van der Waals surface area (Å²) >= 11 is 0. The number of fused-ring (bicyclic) bond motifs is 1. The molecule has 4 aromatic rings. The lowest BCUT2D eigenvalue weighted by Crippen LogP contribution is -2.11. The van der Waals surface area contributed by atoms with Gasteiger partial charge < -0.3 is 33.5 Å². The van der Waals surface area contributed by atoms with Crippen LogP contribution in [0.1, 0.15) is 27.0 Å². The lowest BCUT2D eigenvalue weighted by molar-refractivity contribution is -0.137. The molecule has 0 saturated heterocycles. The van der Waals surface area contributed by atoms with Crippen molar-refractivity contribution in [3.05, 3.63) is 70.8 Å². The molecule has 4 aromatic carbocycles. The Balaban J connectivity index is 2.18. The summed E-state index contributed by atoms with van der Waals surface area (Å²) in [5.41, 5.74) is 0.448. The molecule has 0 radical (unpaired) electrons. The molecule has 0 heterocycles. The number of phenolic OH excluding ortho intramolecular Hbond substituents is 1. The number of methoxy groups -OCH3 is 6. The number of hydrogen-bond acceptors (Lipinski definition) is 8. The van der Waals surface area contributed by atoms with Crippen molar-refractivity contribution in [3.8, 4) is 45.6 Å². The van der Waals surface area contributed by atoms with Crippen molar-refractivity contribution >= 4 is 16.7 Å². The molecule has 0 aromatic heterocycles. The van der Waals surface area contributed by atoms with Crippen LogP contribution in [0.5, 0.6) is 34.5 Å². The first-order valence-corrected chi connectivity index (χ1v) is 12.5. The van der Waals surface area contributed by atoms with Gasteiger partial charge in [-0.2, -0.15) is 13.2 Å². The average molecular weight is 587 g/mol. The van der Waals surface area contributed by atoms with E-state index < -0.39 is 17.7 Å². The molecule has 11 heteroatoms. The van der Waals surface area contributed by atoms with E-state index in [0.29, 0.717) is 33.6 Å². The van der Waals surface area contributed by atoms with Crippen LogP contribution in [0.25, 0.3) is 21.9 Å². The van der Waals surface area contributed by atoms with E-state index in [0.717, 1.165) is 12.1 Å². The van der Waals surface area contributed by atoms with Crippen molar-refractivity contribution in [2.24, 2.45) is 0 Å². The van der Waals surface area contributed by atoms with Gasteiger partial charge in [0.25, 0.3) is 0 Å². The van der Waals surface area contributed by atoms with Gasteiger partial charge in [-0.15, -0.1) is 0 Å². The second kappa shape index (κ2) is 12.0. The molecular formula is C31H29F3O8. The predicted octanol–water partition coefficient (Wildman–Crippen LogP) is 6.65. The monoisotopic (exact) mass is 586 g/mol. The average Bonchev–Trinajstić information content (AvgIpc) is 3.00. The summed E-state index contributed by atoms with van der Waals surface area (Å²) in [6.07, 6.45) is -4.63. The van der Waals surface area contributed by atoms with E-state index in [1.165, 1.54) is 60.9 Å². The van der Waals surface area contributed by atoms with Crippen molar-refractivity contribution in [2.45, 2.75) is 12.6 Å². The summed E-state index contributed by atoms with van der Waals surface area (Å²) in [5, 5.41) is 12.2. The Morgan fingerprint density at radius 2 is 1.38 bits per heavy atom. The highest BCUT2D eigenvalue weighted by Crippen LogP contribution is 2.53. The van der Waals surface area contributed by atoms with Crippen LogP contribution in [0.4, 0.5) is 13.2 Å². The standard InChI is InChI=1S/C31H29F3O8/c1-37-21-12-9-17(14-22(21)38-2)24-25-20(15-23(39-3)28(40-4)29(25)41-5)27(35)19(26(24)30(36)42-6)13-16-7-10-18(11-8-16)31(32,33)34/h7-12,14-15,35H,13H2,1-6H3. The Morgan fingerprint density at radius 3 is 1.90 bits per heavy atom. The van der Waals surface area contributed by atoms with Crippen molar-refractivity contribution in [1.82, 2.24) is 0 Å². The van der Waals surface area contributed by atoms with Crippen LogP contribution in [0.3, 0.4) is 0 Å². The van der Waals surface area contributed by atoms with Crippen molar-refractivity contribution < 1.29 is 51.5 Å². The summed E-state index contributed by atoms with van der Waals surface area (Å²) in [6.45, 7) is 0. The highest BCUT2D eigenvalue weighted by atomic mass is 19.4. The number of aromatic hydroxyl groups is 1. The predicted molar refractivity (Wildman–Crippen MR) is 149 cm³/mol. The van der Waals surface area contributed by atoms with Gasteiger partial charge in [0.2, 0.25) is 5.75 Å². The molecule has 4 rings (SSSR count). The van der Waals surface area contributed by atoms with Crippen LogP contribution < -0.4 is 23.7 Å². The first kappa shape index (κ1) is 30.2. The number of benzene rings is 4. The van der Waals surface area contributed by atoms with E-state index in [1.807, 2.05) is 0 Å². The van der Waals surface area contributed by atoms with Crippen LogP contribution in [0, 0.1) is 0 Å². The van der Waals surface area contributed by atoms with Gasteiger partial charge >= 0.3 is 12.1 Å². The van der Waals surface area contributed by atoms with Crippen LogP contribution in [0.15, 0.2) is 48.5 Å².